The summed E-state index contributed by atoms with van der Waals surface area (Å²) in [6.07, 6.45) is 1.44. The highest BCUT2D eigenvalue weighted by molar-refractivity contribution is 6.32. The molecule has 138 valence electrons. The van der Waals surface area contributed by atoms with Crippen LogP contribution >= 0.6 is 11.6 Å². The second-order valence-electron chi connectivity index (χ2n) is 5.42. The number of halogens is 1. The summed E-state index contributed by atoms with van der Waals surface area (Å²) in [5.41, 5.74) is 0.833. The maximum absolute atomic E-state index is 12.6. The number of benzene rings is 1. The van der Waals surface area contributed by atoms with Gasteiger partial charge in [0.2, 0.25) is 5.82 Å². The van der Waals surface area contributed by atoms with Crippen molar-refractivity contribution in [2.24, 2.45) is 0 Å². The molecule has 0 spiro atoms. The predicted octanol–water partition coefficient (Wildman–Crippen LogP) is 3.05. The highest BCUT2D eigenvalue weighted by Gasteiger charge is 2.20. The molecule has 3 rings (SSSR count). The average Bonchev–Trinajstić information content (AvgIpc) is 3.04. The highest BCUT2D eigenvalue weighted by Crippen LogP contribution is 2.20. The molecule has 0 aliphatic heterocycles. The summed E-state index contributed by atoms with van der Waals surface area (Å²) in [5.74, 6) is -0.780. The number of carbonyl (C=O) groups is 2. The highest BCUT2D eigenvalue weighted by atomic mass is 35.5. The van der Waals surface area contributed by atoms with E-state index in [4.69, 9.17) is 16.3 Å². The number of nitrogens with zero attached hydrogens (tertiary/aromatic N) is 4. The maximum Gasteiger partial charge on any atom is 0.359 e. The smallest absolute Gasteiger partial charge is 0.359 e. The Morgan fingerprint density at radius 2 is 2.00 bits per heavy atom. The molecule has 0 fully saturated rings. The first-order valence-electron chi connectivity index (χ1n) is 8.13. The van der Waals surface area contributed by atoms with E-state index in [1.807, 2.05) is 6.07 Å². The van der Waals surface area contributed by atoms with E-state index in [1.54, 1.807) is 44.2 Å². The van der Waals surface area contributed by atoms with Gasteiger partial charge in [0, 0.05) is 6.20 Å². The van der Waals surface area contributed by atoms with Crippen LogP contribution in [0.2, 0.25) is 5.02 Å². The van der Waals surface area contributed by atoms with Gasteiger partial charge in [0.05, 0.1) is 23.0 Å². The molecule has 2 heterocycles. The molecule has 0 aliphatic carbocycles. The van der Waals surface area contributed by atoms with Gasteiger partial charge >= 0.3 is 5.97 Å². The summed E-state index contributed by atoms with van der Waals surface area (Å²) in [5, 5.41) is 7.30. The fraction of sp³-hybridized carbons (Fsp3) is 0.167. The van der Waals surface area contributed by atoms with Gasteiger partial charge in [-0.05, 0) is 38.1 Å². The number of ether oxygens (including phenoxy) is 1. The van der Waals surface area contributed by atoms with Crippen molar-refractivity contribution in [2.45, 2.75) is 13.8 Å². The van der Waals surface area contributed by atoms with E-state index in [0.29, 0.717) is 16.5 Å². The Kier molecular flexibility index (Phi) is 5.46. The van der Waals surface area contributed by atoms with Crippen molar-refractivity contribution in [3.8, 4) is 5.69 Å². The van der Waals surface area contributed by atoms with Crippen molar-refractivity contribution < 1.29 is 14.3 Å². The molecule has 1 aromatic carbocycles. The van der Waals surface area contributed by atoms with Crippen molar-refractivity contribution in [1.29, 1.82) is 0 Å². The summed E-state index contributed by atoms with van der Waals surface area (Å²) in [7, 11) is 0. The molecule has 2 aromatic heterocycles. The number of hydrogen-bond acceptors (Lipinski definition) is 6. The number of hydrogen-bond donors (Lipinski definition) is 1. The minimum atomic E-state index is -0.626. The van der Waals surface area contributed by atoms with Crippen LogP contribution in [0.15, 0.2) is 42.6 Å². The minimum Gasteiger partial charge on any atom is -0.461 e. The van der Waals surface area contributed by atoms with Crippen molar-refractivity contribution >= 4 is 29.2 Å². The van der Waals surface area contributed by atoms with Gasteiger partial charge in [-0.1, -0.05) is 23.7 Å². The number of amides is 1. The Morgan fingerprint density at radius 1 is 1.22 bits per heavy atom. The average molecular weight is 386 g/mol. The molecule has 0 aliphatic rings. The normalized spacial score (nSPS) is 10.5. The lowest BCUT2D eigenvalue weighted by Crippen LogP contribution is -2.18. The van der Waals surface area contributed by atoms with Crippen LogP contribution in [-0.4, -0.2) is 38.2 Å². The molecule has 9 heteroatoms. The molecular weight excluding hydrogens is 370 g/mol. The zero-order valence-electron chi connectivity index (χ0n) is 14.6. The van der Waals surface area contributed by atoms with Gasteiger partial charge in [0.25, 0.3) is 5.91 Å². The Bertz CT molecular complexity index is 1000. The summed E-state index contributed by atoms with van der Waals surface area (Å²) in [6.45, 7) is 3.60. The zero-order valence-corrected chi connectivity index (χ0v) is 15.4. The van der Waals surface area contributed by atoms with E-state index in [0.717, 1.165) is 0 Å². The first-order chi connectivity index (χ1) is 13.0. The van der Waals surface area contributed by atoms with E-state index in [-0.39, 0.29) is 23.8 Å². The number of rotatable bonds is 5. The standard InChI is InChI=1S/C18H16ClN5O3/c1-3-27-18(26)15-13(8-6-10-20-15)22-17(25)16-21-11(2)24(23-16)14-9-5-4-7-12(14)19/h4-10H,3H2,1-2H3,(H,22,25). The third-order valence-corrected chi connectivity index (χ3v) is 3.90. The van der Waals surface area contributed by atoms with Crippen LogP contribution < -0.4 is 5.32 Å². The van der Waals surface area contributed by atoms with Gasteiger partial charge in [0.1, 0.15) is 5.82 Å². The number of aromatic nitrogens is 4. The van der Waals surface area contributed by atoms with Crippen LogP contribution in [0.5, 0.6) is 0 Å². The molecule has 8 nitrogen and oxygen atoms in total. The number of nitrogens with one attached hydrogen (secondary N) is 1. The predicted molar refractivity (Wildman–Crippen MR) is 99.3 cm³/mol. The third-order valence-electron chi connectivity index (χ3n) is 3.58. The minimum absolute atomic E-state index is 0.00922. The SMILES string of the molecule is CCOC(=O)c1ncccc1NC(=O)c1nc(C)n(-c2ccccc2Cl)n1. The van der Waals surface area contributed by atoms with Crippen LogP contribution in [0.25, 0.3) is 5.69 Å². The van der Waals surface area contributed by atoms with Gasteiger partial charge in [-0.15, -0.1) is 5.10 Å². The first-order valence-corrected chi connectivity index (χ1v) is 8.51. The Morgan fingerprint density at radius 3 is 2.74 bits per heavy atom. The van der Waals surface area contributed by atoms with Crippen molar-refractivity contribution in [1.82, 2.24) is 19.7 Å². The van der Waals surface area contributed by atoms with Crippen molar-refractivity contribution in [3.05, 3.63) is 65.0 Å². The van der Waals surface area contributed by atoms with E-state index < -0.39 is 11.9 Å². The number of aryl methyl sites for hydroxylation is 1. The first kappa shape index (κ1) is 18.5. The zero-order chi connectivity index (χ0) is 19.4. The number of para-hydroxylation sites is 1. The Labute approximate surface area is 160 Å². The van der Waals surface area contributed by atoms with Gasteiger partial charge in [-0.3, -0.25) is 4.79 Å². The molecule has 3 aromatic rings. The maximum atomic E-state index is 12.6. The lowest BCUT2D eigenvalue weighted by Gasteiger charge is -2.08. The lowest BCUT2D eigenvalue weighted by atomic mass is 10.3. The fourth-order valence-electron chi connectivity index (χ4n) is 2.38. The lowest BCUT2D eigenvalue weighted by molar-refractivity contribution is 0.0521. The third kappa shape index (κ3) is 3.95. The monoisotopic (exact) mass is 385 g/mol. The summed E-state index contributed by atoms with van der Waals surface area (Å²) in [4.78, 5) is 32.7. The fourth-order valence-corrected chi connectivity index (χ4v) is 2.60. The molecule has 0 atom stereocenters. The van der Waals surface area contributed by atoms with Crippen LogP contribution in [0.1, 0.15) is 33.9 Å². The summed E-state index contributed by atoms with van der Waals surface area (Å²) < 4.78 is 6.43. The second kappa shape index (κ2) is 7.96. The molecular formula is C18H16ClN5O3. The molecule has 1 amide bonds. The van der Waals surface area contributed by atoms with E-state index in [9.17, 15) is 9.59 Å². The Balaban J connectivity index is 1.88. The van der Waals surface area contributed by atoms with Crippen molar-refractivity contribution in [2.75, 3.05) is 11.9 Å². The molecule has 0 saturated heterocycles. The number of pyridine rings is 1. The van der Waals surface area contributed by atoms with Crippen LogP contribution in [0.4, 0.5) is 5.69 Å². The number of carbonyl (C=O) groups excluding carboxylic acids is 2. The van der Waals surface area contributed by atoms with Crippen LogP contribution in [0, 0.1) is 6.92 Å². The topological polar surface area (TPSA) is 99.0 Å². The van der Waals surface area contributed by atoms with Gasteiger partial charge in [-0.25, -0.2) is 19.4 Å². The summed E-state index contributed by atoms with van der Waals surface area (Å²) >= 11 is 6.19. The van der Waals surface area contributed by atoms with Gasteiger partial charge in [0.15, 0.2) is 5.69 Å². The van der Waals surface area contributed by atoms with E-state index in [1.165, 1.54) is 10.9 Å². The number of esters is 1. The number of anilines is 1. The van der Waals surface area contributed by atoms with E-state index in [2.05, 4.69) is 20.4 Å². The van der Waals surface area contributed by atoms with E-state index >= 15 is 0 Å². The quantitative estimate of drug-likeness (QED) is 0.677. The molecule has 0 radical (unpaired) electrons. The van der Waals surface area contributed by atoms with Gasteiger partial charge < -0.3 is 10.1 Å². The van der Waals surface area contributed by atoms with Crippen LogP contribution in [0.3, 0.4) is 0 Å². The largest absolute Gasteiger partial charge is 0.461 e. The molecule has 0 unspecified atom stereocenters. The van der Waals surface area contributed by atoms with Crippen LogP contribution in [-0.2, 0) is 4.74 Å². The second-order valence-corrected chi connectivity index (χ2v) is 5.83. The molecule has 27 heavy (non-hydrogen) atoms. The molecule has 1 N–H and O–H groups in total. The van der Waals surface area contributed by atoms with Crippen molar-refractivity contribution in [3.63, 3.8) is 0 Å². The molecule has 0 saturated carbocycles. The summed E-state index contributed by atoms with van der Waals surface area (Å²) in [6, 6.07) is 10.2. The Hall–Kier alpha value is -3.26. The molecule has 0 bridgehead atoms. The van der Waals surface area contributed by atoms with Gasteiger partial charge in [-0.2, -0.15) is 0 Å².